The quantitative estimate of drug-likeness (QED) is 0.763. The number of nitrogens with one attached hydrogen (secondary N) is 1. The molecule has 108 valence electrons. The Morgan fingerprint density at radius 1 is 1.29 bits per heavy atom. The van der Waals surface area contributed by atoms with Gasteiger partial charge in [0.2, 0.25) is 0 Å². The number of aryl methyl sites for hydroxylation is 1. The van der Waals surface area contributed by atoms with Crippen molar-refractivity contribution in [3.8, 4) is 5.69 Å². The summed E-state index contributed by atoms with van der Waals surface area (Å²) in [5, 5.41) is 18.9. The van der Waals surface area contributed by atoms with Gasteiger partial charge in [-0.25, -0.2) is 4.68 Å². The highest BCUT2D eigenvalue weighted by Crippen LogP contribution is 2.16. The van der Waals surface area contributed by atoms with Gasteiger partial charge in [0.1, 0.15) is 6.33 Å². The molecule has 0 bridgehead atoms. The summed E-state index contributed by atoms with van der Waals surface area (Å²) in [7, 11) is 1.94. The van der Waals surface area contributed by atoms with Gasteiger partial charge in [-0.2, -0.15) is 5.10 Å². The number of nitrogens with zero attached hydrogens (tertiary/aromatic N) is 6. The highest BCUT2D eigenvalue weighted by atomic mass is 15.5. The van der Waals surface area contributed by atoms with E-state index >= 15 is 0 Å². The molecule has 3 aromatic rings. The fraction of sp³-hybridized carbons (Fsp3) is 0.286. The van der Waals surface area contributed by atoms with Crippen molar-refractivity contribution < 1.29 is 0 Å². The molecule has 0 aliphatic rings. The van der Waals surface area contributed by atoms with E-state index in [1.165, 1.54) is 5.56 Å². The number of benzene rings is 1. The minimum atomic E-state index is 0.219. The van der Waals surface area contributed by atoms with Crippen molar-refractivity contribution >= 4 is 0 Å². The third-order valence-corrected chi connectivity index (χ3v) is 3.50. The van der Waals surface area contributed by atoms with Crippen LogP contribution in [0, 0.1) is 0 Å². The van der Waals surface area contributed by atoms with Crippen LogP contribution in [0.4, 0.5) is 0 Å². The van der Waals surface area contributed by atoms with Gasteiger partial charge in [-0.05, 0) is 41.1 Å². The number of tetrazole rings is 1. The van der Waals surface area contributed by atoms with Crippen LogP contribution in [0.1, 0.15) is 24.2 Å². The highest BCUT2D eigenvalue weighted by molar-refractivity contribution is 5.35. The number of rotatable bonds is 5. The van der Waals surface area contributed by atoms with E-state index in [0.29, 0.717) is 0 Å². The summed E-state index contributed by atoms with van der Waals surface area (Å²) in [5.74, 6) is 0. The van der Waals surface area contributed by atoms with Gasteiger partial charge in [0.05, 0.1) is 11.4 Å². The molecule has 1 unspecified atom stereocenters. The lowest BCUT2D eigenvalue weighted by molar-refractivity contribution is 0.548. The SMILES string of the molecule is CC(NCc1ccnn1C)c1cccc(-n2cnnn2)c1. The second-order valence-electron chi connectivity index (χ2n) is 4.90. The summed E-state index contributed by atoms with van der Waals surface area (Å²) < 4.78 is 3.52. The Labute approximate surface area is 122 Å². The molecule has 0 spiro atoms. The van der Waals surface area contributed by atoms with Gasteiger partial charge in [0.15, 0.2) is 0 Å². The Hall–Kier alpha value is -2.54. The van der Waals surface area contributed by atoms with Crippen molar-refractivity contribution in [2.75, 3.05) is 0 Å². The normalized spacial score (nSPS) is 12.5. The molecular weight excluding hydrogens is 266 g/mol. The van der Waals surface area contributed by atoms with Crippen molar-refractivity contribution in [2.45, 2.75) is 19.5 Å². The largest absolute Gasteiger partial charge is 0.305 e. The third kappa shape index (κ3) is 2.97. The lowest BCUT2D eigenvalue weighted by atomic mass is 10.1. The number of aromatic nitrogens is 6. The number of hydrogen-bond donors (Lipinski definition) is 1. The number of hydrogen-bond acceptors (Lipinski definition) is 5. The first-order chi connectivity index (χ1) is 10.2. The lowest BCUT2D eigenvalue weighted by Gasteiger charge is -2.15. The molecule has 0 aliphatic heterocycles. The predicted octanol–water partition coefficient (Wildman–Crippen LogP) is 1.25. The van der Waals surface area contributed by atoms with Crippen LogP contribution in [0.15, 0.2) is 42.9 Å². The van der Waals surface area contributed by atoms with Crippen molar-refractivity contribution in [2.24, 2.45) is 7.05 Å². The first-order valence-corrected chi connectivity index (χ1v) is 6.77. The van der Waals surface area contributed by atoms with Crippen LogP contribution in [0.2, 0.25) is 0 Å². The molecule has 0 fully saturated rings. The van der Waals surface area contributed by atoms with Gasteiger partial charge in [-0.3, -0.25) is 4.68 Å². The molecule has 2 aromatic heterocycles. The first-order valence-electron chi connectivity index (χ1n) is 6.77. The molecule has 0 saturated carbocycles. The average molecular weight is 283 g/mol. The van der Waals surface area contributed by atoms with E-state index in [2.05, 4.69) is 45.0 Å². The Morgan fingerprint density at radius 3 is 2.90 bits per heavy atom. The molecule has 2 heterocycles. The summed E-state index contributed by atoms with van der Waals surface area (Å²) in [6.45, 7) is 2.90. The predicted molar refractivity (Wildman–Crippen MR) is 77.6 cm³/mol. The van der Waals surface area contributed by atoms with Gasteiger partial charge in [-0.15, -0.1) is 5.10 Å². The maximum atomic E-state index is 4.17. The molecule has 3 rings (SSSR count). The van der Waals surface area contributed by atoms with E-state index in [1.807, 2.05) is 29.9 Å². The average Bonchev–Trinajstić information content (AvgIpc) is 3.16. The Bertz CT molecular complexity index is 702. The second kappa shape index (κ2) is 5.84. The molecule has 0 radical (unpaired) electrons. The standard InChI is InChI=1S/C14H17N7/c1-11(15-9-14-6-7-17-20(14)2)12-4-3-5-13(8-12)21-10-16-18-19-21/h3-8,10-11,15H,9H2,1-2H3. The van der Waals surface area contributed by atoms with Crippen LogP contribution in [0.25, 0.3) is 5.69 Å². The van der Waals surface area contributed by atoms with Crippen molar-refractivity contribution in [3.05, 3.63) is 54.1 Å². The van der Waals surface area contributed by atoms with Crippen LogP contribution >= 0.6 is 0 Å². The fourth-order valence-corrected chi connectivity index (χ4v) is 2.17. The summed E-state index contributed by atoms with van der Waals surface area (Å²) in [4.78, 5) is 0. The van der Waals surface area contributed by atoms with E-state index in [1.54, 1.807) is 17.2 Å². The zero-order chi connectivity index (χ0) is 14.7. The van der Waals surface area contributed by atoms with Gasteiger partial charge >= 0.3 is 0 Å². The minimum Gasteiger partial charge on any atom is -0.305 e. The van der Waals surface area contributed by atoms with E-state index in [4.69, 9.17) is 0 Å². The smallest absolute Gasteiger partial charge is 0.143 e. The van der Waals surface area contributed by atoms with Gasteiger partial charge in [-0.1, -0.05) is 12.1 Å². The topological polar surface area (TPSA) is 73.5 Å². The summed E-state index contributed by atoms with van der Waals surface area (Å²) in [6.07, 6.45) is 3.40. The Morgan fingerprint density at radius 2 is 2.19 bits per heavy atom. The summed E-state index contributed by atoms with van der Waals surface area (Å²) in [5.41, 5.74) is 3.29. The molecule has 21 heavy (non-hydrogen) atoms. The molecule has 1 atom stereocenters. The monoisotopic (exact) mass is 283 g/mol. The van der Waals surface area contributed by atoms with Crippen LogP contribution < -0.4 is 5.32 Å². The Balaban J connectivity index is 1.71. The molecular formula is C14H17N7. The van der Waals surface area contributed by atoms with E-state index in [9.17, 15) is 0 Å². The first kappa shape index (κ1) is 13.4. The lowest BCUT2D eigenvalue weighted by Crippen LogP contribution is -2.20. The van der Waals surface area contributed by atoms with E-state index in [0.717, 1.165) is 17.9 Å². The van der Waals surface area contributed by atoms with Crippen LogP contribution in [-0.4, -0.2) is 30.0 Å². The van der Waals surface area contributed by atoms with Crippen molar-refractivity contribution in [1.29, 1.82) is 0 Å². The van der Waals surface area contributed by atoms with Crippen LogP contribution in [0.3, 0.4) is 0 Å². The maximum Gasteiger partial charge on any atom is 0.143 e. The molecule has 1 aromatic carbocycles. The van der Waals surface area contributed by atoms with Crippen molar-refractivity contribution in [3.63, 3.8) is 0 Å². The van der Waals surface area contributed by atoms with E-state index < -0.39 is 0 Å². The molecule has 0 saturated heterocycles. The van der Waals surface area contributed by atoms with Crippen LogP contribution in [-0.2, 0) is 13.6 Å². The third-order valence-electron chi connectivity index (χ3n) is 3.50. The molecule has 0 aliphatic carbocycles. The van der Waals surface area contributed by atoms with Crippen LogP contribution in [0.5, 0.6) is 0 Å². The zero-order valence-corrected chi connectivity index (χ0v) is 12.0. The highest BCUT2D eigenvalue weighted by Gasteiger charge is 2.08. The van der Waals surface area contributed by atoms with Crippen molar-refractivity contribution in [1.82, 2.24) is 35.3 Å². The summed E-state index contributed by atoms with van der Waals surface area (Å²) >= 11 is 0. The molecule has 7 nitrogen and oxygen atoms in total. The maximum absolute atomic E-state index is 4.17. The Kier molecular flexibility index (Phi) is 3.74. The zero-order valence-electron chi connectivity index (χ0n) is 12.0. The minimum absolute atomic E-state index is 0.219. The second-order valence-corrected chi connectivity index (χ2v) is 4.90. The molecule has 0 amide bonds. The van der Waals surface area contributed by atoms with Gasteiger partial charge in [0, 0.05) is 25.8 Å². The molecule has 1 N–H and O–H groups in total. The molecule has 7 heteroatoms. The fourth-order valence-electron chi connectivity index (χ4n) is 2.17. The van der Waals surface area contributed by atoms with Gasteiger partial charge in [0.25, 0.3) is 0 Å². The van der Waals surface area contributed by atoms with Gasteiger partial charge < -0.3 is 5.32 Å². The summed E-state index contributed by atoms with van der Waals surface area (Å²) in [6, 6.07) is 10.4. The van der Waals surface area contributed by atoms with E-state index in [-0.39, 0.29) is 6.04 Å².